The molecule has 5 heteroatoms. The van der Waals surface area contributed by atoms with Gasteiger partial charge in [0.15, 0.2) is 0 Å². The summed E-state index contributed by atoms with van der Waals surface area (Å²) in [6, 6.07) is 8.42. The third-order valence-electron chi connectivity index (χ3n) is 2.48. The minimum absolute atomic E-state index is 0.0182. The van der Waals surface area contributed by atoms with E-state index in [1.54, 1.807) is 30.6 Å². The lowest BCUT2D eigenvalue weighted by Gasteiger charge is -2.08. The molecule has 0 atom stereocenters. The zero-order chi connectivity index (χ0) is 13.0. The average molecular weight is 243 g/mol. The van der Waals surface area contributed by atoms with E-state index < -0.39 is 0 Å². The summed E-state index contributed by atoms with van der Waals surface area (Å²) >= 11 is 0. The van der Waals surface area contributed by atoms with E-state index in [-0.39, 0.29) is 18.0 Å². The first-order chi connectivity index (χ1) is 8.66. The molecular formula is C13H13N3O2. The Balaban J connectivity index is 2.09. The fourth-order valence-electron chi connectivity index (χ4n) is 1.53. The SMILES string of the molecule is Cc1cccnc1NC(=O)Cn1ccccc1=O. The second-order valence-electron chi connectivity index (χ2n) is 3.88. The summed E-state index contributed by atoms with van der Waals surface area (Å²) in [5, 5.41) is 2.68. The average Bonchev–Trinajstić information content (AvgIpc) is 2.35. The number of carbonyl (C=O) groups is 1. The number of aromatic nitrogens is 2. The number of aryl methyl sites for hydroxylation is 1. The molecule has 1 N–H and O–H groups in total. The van der Waals surface area contributed by atoms with E-state index in [1.807, 2.05) is 13.0 Å². The molecule has 0 aliphatic rings. The third-order valence-corrected chi connectivity index (χ3v) is 2.48. The molecule has 92 valence electrons. The van der Waals surface area contributed by atoms with Crippen molar-refractivity contribution in [1.82, 2.24) is 9.55 Å². The Kier molecular flexibility index (Phi) is 3.52. The summed E-state index contributed by atoms with van der Waals surface area (Å²) < 4.78 is 1.34. The number of carbonyl (C=O) groups excluding carboxylic acids is 1. The van der Waals surface area contributed by atoms with Gasteiger partial charge in [-0.15, -0.1) is 0 Å². The Labute approximate surface area is 104 Å². The number of nitrogens with zero attached hydrogens (tertiary/aromatic N) is 2. The highest BCUT2D eigenvalue weighted by Gasteiger charge is 2.06. The zero-order valence-electron chi connectivity index (χ0n) is 9.96. The van der Waals surface area contributed by atoms with Crippen molar-refractivity contribution in [3.05, 3.63) is 58.6 Å². The van der Waals surface area contributed by atoms with Crippen LogP contribution >= 0.6 is 0 Å². The van der Waals surface area contributed by atoms with Gasteiger partial charge in [-0.1, -0.05) is 12.1 Å². The number of amides is 1. The van der Waals surface area contributed by atoms with Crippen LogP contribution in [0, 0.1) is 6.92 Å². The second-order valence-corrected chi connectivity index (χ2v) is 3.88. The molecule has 0 fully saturated rings. The Morgan fingerprint density at radius 3 is 2.89 bits per heavy atom. The summed E-state index contributed by atoms with van der Waals surface area (Å²) in [4.78, 5) is 27.3. The molecule has 0 unspecified atom stereocenters. The fourth-order valence-corrected chi connectivity index (χ4v) is 1.53. The van der Waals surface area contributed by atoms with Crippen LogP contribution in [0.4, 0.5) is 5.82 Å². The Bertz CT molecular complexity index is 619. The Morgan fingerprint density at radius 1 is 1.33 bits per heavy atom. The number of rotatable bonds is 3. The smallest absolute Gasteiger partial charge is 0.250 e. The van der Waals surface area contributed by atoms with E-state index in [0.717, 1.165) is 5.56 Å². The molecule has 0 bridgehead atoms. The van der Waals surface area contributed by atoms with Gasteiger partial charge in [-0.3, -0.25) is 9.59 Å². The van der Waals surface area contributed by atoms with Crippen molar-refractivity contribution in [2.24, 2.45) is 0 Å². The Hall–Kier alpha value is -2.43. The normalized spacial score (nSPS) is 10.1. The minimum Gasteiger partial charge on any atom is -0.309 e. The largest absolute Gasteiger partial charge is 0.309 e. The molecule has 0 saturated heterocycles. The molecular weight excluding hydrogens is 230 g/mol. The van der Waals surface area contributed by atoms with E-state index in [9.17, 15) is 9.59 Å². The molecule has 1 amide bonds. The lowest BCUT2D eigenvalue weighted by molar-refractivity contribution is -0.116. The van der Waals surface area contributed by atoms with Crippen molar-refractivity contribution >= 4 is 11.7 Å². The molecule has 0 aromatic carbocycles. The fraction of sp³-hybridized carbons (Fsp3) is 0.154. The number of hydrogen-bond acceptors (Lipinski definition) is 3. The Morgan fingerprint density at radius 2 is 2.17 bits per heavy atom. The topological polar surface area (TPSA) is 64.0 Å². The van der Waals surface area contributed by atoms with Gasteiger partial charge in [0.1, 0.15) is 12.4 Å². The van der Waals surface area contributed by atoms with Gasteiger partial charge in [-0.25, -0.2) is 4.98 Å². The van der Waals surface area contributed by atoms with E-state index in [4.69, 9.17) is 0 Å². The van der Waals surface area contributed by atoms with Crippen molar-refractivity contribution in [2.75, 3.05) is 5.32 Å². The molecule has 2 aromatic heterocycles. The number of pyridine rings is 2. The van der Waals surface area contributed by atoms with E-state index in [2.05, 4.69) is 10.3 Å². The van der Waals surface area contributed by atoms with Crippen LogP contribution in [0.2, 0.25) is 0 Å². The van der Waals surface area contributed by atoms with Gasteiger partial charge >= 0.3 is 0 Å². The quantitative estimate of drug-likeness (QED) is 0.880. The standard InChI is InChI=1S/C13H13N3O2/c1-10-5-4-7-14-13(10)15-11(17)9-16-8-3-2-6-12(16)18/h2-8H,9H2,1H3,(H,14,15,17). The molecule has 5 nitrogen and oxygen atoms in total. The summed E-state index contributed by atoms with van der Waals surface area (Å²) in [5.41, 5.74) is 0.677. The van der Waals surface area contributed by atoms with E-state index in [0.29, 0.717) is 5.82 Å². The summed E-state index contributed by atoms with van der Waals surface area (Å²) in [6.07, 6.45) is 3.19. The van der Waals surface area contributed by atoms with Crippen molar-refractivity contribution < 1.29 is 4.79 Å². The molecule has 0 saturated carbocycles. The summed E-state index contributed by atoms with van der Waals surface area (Å²) in [5.74, 6) is 0.247. The lowest BCUT2D eigenvalue weighted by atomic mass is 10.3. The maximum Gasteiger partial charge on any atom is 0.250 e. The van der Waals surface area contributed by atoms with Gasteiger partial charge in [0, 0.05) is 18.5 Å². The van der Waals surface area contributed by atoms with Crippen molar-refractivity contribution in [3.63, 3.8) is 0 Å². The monoisotopic (exact) mass is 243 g/mol. The number of hydrogen-bond donors (Lipinski definition) is 1. The molecule has 0 radical (unpaired) electrons. The lowest BCUT2D eigenvalue weighted by Crippen LogP contribution is -2.26. The maximum absolute atomic E-state index is 11.8. The first kappa shape index (κ1) is 12.0. The van der Waals surface area contributed by atoms with Crippen LogP contribution in [-0.4, -0.2) is 15.5 Å². The van der Waals surface area contributed by atoms with Crippen LogP contribution < -0.4 is 10.9 Å². The highest BCUT2D eigenvalue weighted by atomic mass is 16.2. The van der Waals surface area contributed by atoms with Gasteiger partial charge in [0.25, 0.3) is 5.56 Å². The van der Waals surface area contributed by atoms with Gasteiger partial charge < -0.3 is 9.88 Å². The third kappa shape index (κ3) is 2.82. The second kappa shape index (κ2) is 5.27. The highest BCUT2D eigenvalue weighted by Crippen LogP contribution is 2.08. The molecule has 0 aliphatic carbocycles. The van der Waals surface area contributed by atoms with Crippen molar-refractivity contribution in [1.29, 1.82) is 0 Å². The van der Waals surface area contributed by atoms with Gasteiger partial charge in [0.2, 0.25) is 5.91 Å². The van der Waals surface area contributed by atoms with Crippen LogP contribution in [0.25, 0.3) is 0 Å². The summed E-state index contributed by atoms with van der Waals surface area (Å²) in [6.45, 7) is 1.84. The van der Waals surface area contributed by atoms with Crippen LogP contribution in [0.3, 0.4) is 0 Å². The predicted octanol–water partition coefficient (Wildman–Crippen LogP) is 1.19. The molecule has 0 spiro atoms. The van der Waals surface area contributed by atoms with Crippen LogP contribution in [0.5, 0.6) is 0 Å². The predicted molar refractivity (Wildman–Crippen MR) is 68.3 cm³/mol. The molecule has 18 heavy (non-hydrogen) atoms. The van der Waals surface area contributed by atoms with Gasteiger partial charge in [-0.2, -0.15) is 0 Å². The molecule has 0 aliphatic heterocycles. The van der Waals surface area contributed by atoms with Gasteiger partial charge in [0.05, 0.1) is 0 Å². The van der Waals surface area contributed by atoms with Crippen LogP contribution in [0.15, 0.2) is 47.5 Å². The molecule has 2 rings (SSSR count). The van der Waals surface area contributed by atoms with E-state index in [1.165, 1.54) is 10.6 Å². The van der Waals surface area contributed by atoms with E-state index >= 15 is 0 Å². The van der Waals surface area contributed by atoms with Crippen molar-refractivity contribution in [2.45, 2.75) is 13.5 Å². The number of anilines is 1. The highest BCUT2D eigenvalue weighted by molar-refractivity contribution is 5.90. The molecule has 2 aromatic rings. The molecule has 2 heterocycles. The first-order valence-electron chi connectivity index (χ1n) is 5.54. The van der Waals surface area contributed by atoms with Crippen LogP contribution in [-0.2, 0) is 11.3 Å². The summed E-state index contributed by atoms with van der Waals surface area (Å²) in [7, 11) is 0. The maximum atomic E-state index is 11.8. The number of nitrogens with one attached hydrogen (secondary N) is 1. The zero-order valence-corrected chi connectivity index (χ0v) is 9.96. The minimum atomic E-state index is -0.273. The van der Waals surface area contributed by atoms with Crippen LogP contribution in [0.1, 0.15) is 5.56 Å². The first-order valence-corrected chi connectivity index (χ1v) is 5.54. The van der Waals surface area contributed by atoms with Gasteiger partial charge in [-0.05, 0) is 24.6 Å². The van der Waals surface area contributed by atoms with Crippen molar-refractivity contribution in [3.8, 4) is 0 Å².